The molecule has 2 rings (SSSR count). The third-order valence-corrected chi connectivity index (χ3v) is 6.03. The van der Waals surface area contributed by atoms with E-state index in [0.717, 1.165) is 0 Å². The number of carbonyl (C=O) groups excluding carboxylic acids is 3. The largest absolute Gasteiger partial charge is 0.452 e. The summed E-state index contributed by atoms with van der Waals surface area (Å²) in [4.78, 5) is 37.2. The molecule has 1 aromatic carbocycles. The summed E-state index contributed by atoms with van der Waals surface area (Å²) in [6, 6.07) is 7.15. The number of esters is 1. The first kappa shape index (κ1) is 21.4. The van der Waals surface area contributed by atoms with Crippen molar-refractivity contribution in [2.24, 2.45) is 0 Å². The number of hydrogen-bond acceptors (Lipinski definition) is 7. The Bertz CT molecular complexity index is 889. The van der Waals surface area contributed by atoms with Crippen molar-refractivity contribution < 1.29 is 27.5 Å². The highest BCUT2D eigenvalue weighted by Crippen LogP contribution is 2.18. The standard InChI is InChI=1S/C18H21N3O6S/c1-2-21(15-8-10-28(25,26)12-15)17(23)11-27-18(24)13-3-5-14(6-4-13)20-16(22)7-9-19/h3-6,15H,2,7-8,10-12H2,1H3,(H,20,22)/t15-/m0/s1. The lowest BCUT2D eigenvalue weighted by atomic mass is 10.2. The summed E-state index contributed by atoms with van der Waals surface area (Å²) >= 11 is 0. The van der Waals surface area contributed by atoms with Crippen LogP contribution in [0.2, 0.25) is 0 Å². The summed E-state index contributed by atoms with van der Waals surface area (Å²) in [6.07, 6.45) is 0.108. The minimum absolute atomic E-state index is 0.0541. The van der Waals surface area contributed by atoms with E-state index >= 15 is 0 Å². The van der Waals surface area contributed by atoms with Gasteiger partial charge in [0.25, 0.3) is 5.91 Å². The predicted molar refractivity (Wildman–Crippen MR) is 100 cm³/mol. The zero-order valence-electron chi connectivity index (χ0n) is 15.4. The van der Waals surface area contributed by atoms with Gasteiger partial charge in [-0.3, -0.25) is 9.59 Å². The van der Waals surface area contributed by atoms with Crippen LogP contribution in [0.1, 0.15) is 30.1 Å². The summed E-state index contributed by atoms with van der Waals surface area (Å²) in [6.45, 7) is 1.58. The van der Waals surface area contributed by atoms with Crippen LogP contribution in [-0.2, 0) is 24.2 Å². The highest BCUT2D eigenvalue weighted by Gasteiger charge is 2.34. The SMILES string of the molecule is CCN(C(=O)COC(=O)c1ccc(NC(=O)CC#N)cc1)[C@H]1CCS(=O)(=O)C1. The quantitative estimate of drug-likeness (QED) is 0.659. The van der Waals surface area contributed by atoms with Gasteiger partial charge >= 0.3 is 5.97 Å². The van der Waals surface area contributed by atoms with Crippen molar-refractivity contribution in [3.63, 3.8) is 0 Å². The molecule has 2 amide bonds. The van der Waals surface area contributed by atoms with Gasteiger partial charge in [0.15, 0.2) is 16.4 Å². The Hall–Kier alpha value is -2.93. The second-order valence-electron chi connectivity index (χ2n) is 6.27. The molecule has 0 aromatic heterocycles. The summed E-state index contributed by atoms with van der Waals surface area (Å²) in [5.41, 5.74) is 0.616. The number of hydrogen-bond donors (Lipinski definition) is 1. The van der Waals surface area contributed by atoms with Gasteiger partial charge in [-0.1, -0.05) is 0 Å². The van der Waals surface area contributed by atoms with Crippen LogP contribution in [0.4, 0.5) is 5.69 Å². The fourth-order valence-corrected chi connectivity index (χ4v) is 4.65. The molecular weight excluding hydrogens is 386 g/mol. The van der Waals surface area contributed by atoms with E-state index in [2.05, 4.69) is 5.32 Å². The number of ether oxygens (including phenoxy) is 1. The molecule has 0 spiro atoms. The molecule has 0 bridgehead atoms. The van der Waals surface area contributed by atoms with Crippen molar-refractivity contribution in [3.05, 3.63) is 29.8 Å². The van der Waals surface area contributed by atoms with E-state index in [1.807, 2.05) is 0 Å². The number of carbonyl (C=O) groups is 3. The van der Waals surface area contributed by atoms with Gasteiger partial charge in [0.2, 0.25) is 5.91 Å². The number of rotatable bonds is 7. The number of amides is 2. The van der Waals surface area contributed by atoms with Gasteiger partial charge in [0, 0.05) is 18.3 Å². The second-order valence-corrected chi connectivity index (χ2v) is 8.50. The number of nitriles is 1. The maximum Gasteiger partial charge on any atom is 0.338 e. The Morgan fingerprint density at radius 2 is 1.96 bits per heavy atom. The van der Waals surface area contributed by atoms with Crippen molar-refractivity contribution in [2.75, 3.05) is 30.0 Å². The molecule has 0 unspecified atom stereocenters. The summed E-state index contributed by atoms with van der Waals surface area (Å²) in [7, 11) is -3.12. The fraction of sp³-hybridized carbons (Fsp3) is 0.444. The Morgan fingerprint density at radius 1 is 1.29 bits per heavy atom. The van der Waals surface area contributed by atoms with E-state index in [9.17, 15) is 22.8 Å². The molecule has 28 heavy (non-hydrogen) atoms. The number of sulfone groups is 1. The van der Waals surface area contributed by atoms with E-state index in [0.29, 0.717) is 18.7 Å². The van der Waals surface area contributed by atoms with Gasteiger partial charge in [0.1, 0.15) is 6.42 Å². The average Bonchev–Trinajstić information content (AvgIpc) is 3.00. The van der Waals surface area contributed by atoms with Crippen molar-refractivity contribution in [1.82, 2.24) is 4.90 Å². The van der Waals surface area contributed by atoms with Crippen LogP contribution < -0.4 is 5.32 Å². The number of anilines is 1. The van der Waals surface area contributed by atoms with Crippen LogP contribution >= 0.6 is 0 Å². The monoisotopic (exact) mass is 407 g/mol. The maximum atomic E-state index is 12.3. The second kappa shape index (κ2) is 9.32. The van der Waals surface area contributed by atoms with Crippen LogP contribution in [0.5, 0.6) is 0 Å². The molecule has 0 aliphatic carbocycles. The van der Waals surface area contributed by atoms with Crippen LogP contribution in [0.3, 0.4) is 0 Å². The molecule has 150 valence electrons. The van der Waals surface area contributed by atoms with E-state index in [1.54, 1.807) is 13.0 Å². The maximum absolute atomic E-state index is 12.3. The van der Waals surface area contributed by atoms with Crippen molar-refractivity contribution in [3.8, 4) is 6.07 Å². The summed E-state index contributed by atoms with van der Waals surface area (Å²) in [5.74, 6) is -1.63. The number of nitrogens with one attached hydrogen (secondary N) is 1. The summed E-state index contributed by atoms with van der Waals surface area (Å²) < 4.78 is 28.2. The number of nitrogens with zero attached hydrogens (tertiary/aromatic N) is 2. The summed E-state index contributed by atoms with van der Waals surface area (Å²) in [5, 5.41) is 11.0. The highest BCUT2D eigenvalue weighted by atomic mass is 32.2. The highest BCUT2D eigenvalue weighted by molar-refractivity contribution is 7.91. The molecule has 1 heterocycles. The molecular formula is C18H21N3O6S. The predicted octanol–water partition coefficient (Wildman–Crippen LogP) is 0.731. The van der Waals surface area contributed by atoms with Crippen LogP contribution in [0.15, 0.2) is 24.3 Å². The number of likely N-dealkylation sites (N-methyl/N-ethyl adjacent to an activating group) is 1. The van der Waals surface area contributed by atoms with E-state index < -0.39 is 40.3 Å². The lowest BCUT2D eigenvalue weighted by Gasteiger charge is -2.26. The van der Waals surface area contributed by atoms with Crippen molar-refractivity contribution in [1.29, 1.82) is 5.26 Å². The molecule has 0 radical (unpaired) electrons. The van der Waals surface area contributed by atoms with Gasteiger partial charge in [-0.15, -0.1) is 0 Å². The molecule has 1 aliphatic heterocycles. The van der Waals surface area contributed by atoms with Crippen LogP contribution in [-0.4, -0.2) is 61.8 Å². The Morgan fingerprint density at radius 3 is 2.50 bits per heavy atom. The van der Waals surface area contributed by atoms with Gasteiger partial charge in [-0.25, -0.2) is 13.2 Å². The fourth-order valence-electron chi connectivity index (χ4n) is 2.92. The smallest absolute Gasteiger partial charge is 0.338 e. The minimum atomic E-state index is -3.12. The van der Waals surface area contributed by atoms with E-state index in [1.165, 1.54) is 29.2 Å². The van der Waals surface area contributed by atoms with Gasteiger partial charge in [-0.2, -0.15) is 5.26 Å². The van der Waals surface area contributed by atoms with E-state index in [-0.39, 0.29) is 23.5 Å². The molecule has 1 fully saturated rings. The zero-order chi connectivity index (χ0) is 20.7. The third-order valence-electron chi connectivity index (χ3n) is 4.28. The number of benzene rings is 1. The first-order valence-electron chi connectivity index (χ1n) is 8.69. The minimum Gasteiger partial charge on any atom is -0.452 e. The molecule has 1 aromatic rings. The van der Waals surface area contributed by atoms with E-state index in [4.69, 9.17) is 10.00 Å². The van der Waals surface area contributed by atoms with Gasteiger partial charge < -0.3 is 15.0 Å². The molecule has 0 saturated carbocycles. The molecule has 9 nitrogen and oxygen atoms in total. The molecule has 1 aliphatic rings. The lowest BCUT2D eigenvalue weighted by molar-refractivity contribution is -0.136. The molecule has 10 heteroatoms. The van der Waals surface area contributed by atoms with Crippen LogP contribution in [0, 0.1) is 11.3 Å². The average molecular weight is 407 g/mol. The first-order chi connectivity index (χ1) is 13.3. The Kier molecular flexibility index (Phi) is 7.12. The molecule has 1 N–H and O–H groups in total. The zero-order valence-corrected chi connectivity index (χ0v) is 16.2. The normalized spacial score (nSPS) is 17.4. The Balaban J connectivity index is 1.89. The van der Waals surface area contributed by atoms with Crippen molar-refractivity contribution in [2.45, 2.75) is 25.8 Å². The topological polar surface area (TPSA) is 134 Å². The molecule has 1 saturated heterocycles. The third kappa shape index (κ3) is 5.79. The molecule has 1 atom stereocenters. The van der Waals surface area contributed by atoms with Gasteiger partial charge in [0.05, 0.1) is 23.1 Å². The Labute approximate surface area is 163 Å². The lowest BCUT2D eigenvalue weighted by Crippen LogP contribution is -2.43. The first-order valence-corrected chi connectivity index (χ1v) is 10.5. The van der Waals surface area contributed by atoms with Crippen molar-refractivity contribution >= 4 is 33.3 Å². The van der Waals surface area contributed by atoms with Gasteiger partial charge in [-0.05, 0) is 37.6 Å². The van der Waals surface area contributed by atoms with Crippen LogP contribution in [0.25, 0.3) is 0 Å².